The molecule has 1 aromatic carbocycles. The lowest BCUT2D eigenvalue weighted by Gasteiger charge is -2.27. The first-order chi connectivity index (χ1) is 18.1. The zero-order chi connectivity index (χ0) is 29.1. The molecule has 39 heavy (non-hydrogen) atoms. The Morgan fingerprint density at radius 1 is 1.21 bits per heavy atom. The van der Waals surface area contributed by atoms with E-state index in [9.17, 15) is 35.2 Å². The van der Waals surface area contributed by atoms with E-state index in [1.54, 1.807) is 13.8 Å². The van der Waals surface area contributed by atoms with E-state index in [0.29, 0.717) is 50.0 Å². The molecule has 0 radical (unpaired) electrons. The van der Waals surface area contributed by atoms with Gasteiger partial charge in [-0.3, -0.25) is 9.48 Å². The van der Waals surface area contributed by atoms with Crippen molar-refractivity contribution >= 4 is 15.7 Å². The first-order valence-corrected chi connectivity index (χ1v) is 14.8. The second kappa shape index (κ2) is 12.2. The normalized spacial score (nSPS) is 19.2. The molecule has 0 spiro atoms. The molecule has 1 heterocycles. The van der Waals surface area contributed by atoms with Crippen LogP contribution in [-0.2, 0) is 22.8 Å². The second-order valence-electron chi connectivity index (χ2n) is 10.2. The summed E-state index contributed by atoms with van der Waals surface area (Å²) in [5, 5.41) is 6.86. The van der Waals surface area contributed by atoms with Crippen LogP contribution in [0.25, 0.3) is 11.3 Å². The molecule has 1 aliphatic rings. The summed E-state index contributed by atoms with van der Waals surface area (Å²) in [6.07, 6.45) is -1.20. The number of nitrogens with zero attached hydrogens (tertiary/aromatic N) is 2. The zero-order valence-electron chi connectivity index (χ0n) is 22.3. The minimum Gasteiger partial charge on any atom is -0.434 e. The summed E-state index contributed by atoms with van der Waals surface area (Å²) in [6.45, 7) is 1.81. The molecule has 13 heteroatoms. The van der Waals surface area contributed by atoms with Crippen molar-refractivity contribution in [2.24, 2.45) is 11.8 Å². The Morgan fingerprint density at radius 3 is 2.38 bits per heavy atom. The SMILES string of the molecule is CCn1nc(C(=O)NCC2CCC(S(C)(=O)=O)CC2)c(C)c1-c1ccc(C[C@@H](C)C(F)(F)F)cc1OC(F)F. The number of aromatic nitrogens is 2. The highest BCUT2D eigenvalue weighted by molar-refractivity contribution is 7.91. The fraction of sp³-hybridized carbons (Fsp3) is 0.615. The van der Waals surface area contributed by atoms with Crippen molar-refractivity contribution in [1.82, 2.24) is 15.1 Å². The molecular formula is C26H34F5N3O4S. The molecular weight excluding hydrogens is 545 g/mol. The van der Waals surface area contributed by atoms with Crippen LogP contribution in [0.15, 0.2) is 18.2 Å². The van der Waals surface area contributed by atoms with Crippen LogP contribution in [0.4, 0.5) is 22.0 Å². The number of rotatable bonds is 10. The number of hydrogen-bond acceptors (Lipinski definition) is 5. The zero-order valence-corrected chi connectivity index (χ0v) is 23.1. The Kier molecular flexibility index (Phi) is 9.66. The van der Waals surface area contributed by atoms with Crippen LogP contribution in [0.1, 0.15) is 61.1 Å². The molecule has 1 atom stereocenters. The summed E-state index contributed by atoms with van der Waals surface area (Å²) in [4.78, 5) is 13.0. The number of aryl methyl sites for hydroxylation is 1. The van der Waals surface area contributed by atoms with E-state index in [-0.39, 0.29) is 33.7 Å². The van der Waals surface area contributed by atoms with Gasteiger partial charge in [-0.2, -0.15) is 27.1 Å². The first kappa shape index (κ1) is 30.8. The van der Waals surface area contributed by atoms with Crippen LogP contribution in [0, 0.1) is 18.8 Å². The molecule has 1 saturated carbocycles. The lowest BCUT2D eigenvalue weighted by Crippen LogP contribution is -2.34. The van der Waals surface area contributed by atoms with Gasteiger partial charge in [0.15, 0.2) is 5.69 Å². The second-order valence-corrected chi connectivity index (χ2v) is 12.5. The number of sulfone groups is 1. The molecule has 1 N–H and O–H groups in total. The van der Waals surface area contributed by atoms with Crippen LogP contribution < -0.4 is 10.1 Å². The highest BCUT2D eigenvalue weighted by Gasteiger charge is 2.36. The van der Waals surface area contributed by atoms with E-state index in [1.807, 2.05) is 0 Å². The van der Waals surface area contributed by atoms with Crippen molar-refractivity contribution in [2.75, 3.05) is 12.8 Å². The maximum Gasteiger partial charge on any atom is 0.391 e. The summed E-state index contributed by atoms with van der Waals surface area (Å²) in [7, 11) is -3.09. The van der Waals surface area contributed by atoms with Crippen LogP contribution in [0.2, 0.25) is 0 Å². The van der Waals surface area contributed by atoms with Crippen molar-refractivity contribution in [3.8, 4) is 17.0 Å². The minimum absolute atomic E-state index is 0.0921. The van der Waals surface area contributed by atoms with Gasteiger partial charge in [-0.25, -0.2) is 8.42 Å². The molecule has 7 nitrogen and oxygen atoms in total. The smallest absolute Gasteiger partial charge is 0.391 e. The van der Waals surface area contributed by atoms with Crippen molar-refractivity contribution in [3.05, 3.63) is 35.0 Å². The monoisotopic (exact) mass is 579 g/mol. The van der Waals surface area contributed by atoms with Crippen LogP contribution in [0.5, 0.6) is 5.75 Å². The van der Waals surface area contributed by atoms with Gasteiger partial charge in [-0.15, -0.1) is 0 Å². The Hall–Kier alpha value is -2.70. The van der Waals surface area contributed by atoms with Gasteiger partial charge >= 0.3 is 12.8 Å². The molecule has 3 rings (SSSR count). The van der Waals surface area contributed by atoms with E-state index < -0.39 is 40.9 Å². The molecule has 1 fully saturated rings. The lowest BCUT2D eigenvalue weighted by molar-refractivity contribution is -0.169. The highest BCUT2D eigenvalue weighted by Crippen LogP contribution is 2.37. The van der Waals surface area contributed by atoms with Gasteiger partial charge in [0.1, 0.15) is 15.6 Å². The number of ether oxygens (including phenoxy) is 1. The van der Waals surface area contributed by atoms with Gasteiger partial charge in [0.05, 0.1) is 16.9 Å². The summed E-state index contributed by atoms with van der Waals surface area (Å²) >= 11 is 0. The van der Waals surface area contributed by atoms with Crippen molar-refractivity contribution < 1.29 is 39.9 Å². The number of hydrogen-bond donors (Lipinski definition) is 1. The van der Waals surface area contributed by atoms with Crippen molar-refractivity contribution in [2.45, 2.75) is 77.5 Å². The molecule has 218 valence electrons. The van der Waals surface area contributed by atoms with Crippen LogP contribution in [-0.4, -0.2) is 54.9 Å². The van der Waals surface area contributed by atoms with Gasteiger partial charge in [-0.05, 0) is 69.6 Å². The standard InChI is InChI=1S/C26H34F5N3O4S/c1-5-34-23(20-11-8-18(12-15(2)26(29,30)31)13-21(20)38-25(27)28)16(3)22(33-34)24(35)32-14-17-6-9-19(10-7-17)39(4,36)37/h8,11,13,15,17,19,25H,5-7,9-10,12,14H2,1-4H3,(H,32,35)/t15-,17?,19?/m1/s1. The maximum atomic E-state index is 13.3. The van der Waals surface area contributed by atoms with Gasteiger partial charge in [0.25, 0.3) is 5.91 Å². The number of carbonyl (C=O) groups is 1. The van der Waals surface area contributed by atoms with E-state index >= 15 is 0 Å². The summed E-state index contributed by atoms with van der Waals surface area (Å²) < 4.78 is 95.3. The quantitative estimate of drug-likeness (QED) is 0.373. The number of benzene rings is 1. The Balaban J connectivity index is 1.83. The molecule has 2 aromatic rings. The van der Waals surface area contributed by atoms with Gasteiger partial charge < -0.3 is 10.1 Å². The van der Waals surface area contributed by atoms with Crippen LogP contribution >= 0.6 is 0 Å². The molecule has 1 aromatic heterocycles. The third-order valence-electron chi connectivity index (χ3n) is 7.27. The first-order valence-electron chi connectivity index (χ1n) is 12.8. The Labute approximate surface area is 225 Å². The number of carbonyl (C=O) groups excluding carboxylic acids is 1. The summed E-state index contributed by atoms with van der Waals surface area (Å²) in [5.41, 5.74) is 1.22. The number of nitrogens with one attached hydrogen (secondary N) is 1. The molecule has 1 amide bonds. The summed E-state index contributed by atoms with van der Waals surface area (Å²) in [5.74, 6) is -2.32. The van der Waals surface area contributed by atoms with E-state index in [2.05, 4.69) is 10.4 Å². The molecule has 0 unspecified atom stereocenters. The van der Waals surface area contributed by atoms with Gasteiger partial charge in [-0.1, -0.05) is 13.0 Å². The molecule has 0 saturated heterocycles. The number of alkyl halides is 5. The Bertz CT molecular complexity index is 1270. The average molecular weight is 580 g/mol. The molecule has 0 bridgehead atoms. The van der Waals surface area contributed by atoms with Gasteiger partial charge in [0, 0.05) is 30.5 Å². The maximum absolute atomic E-state index is 13.3. The fourth-order valence-electron chi connectivity index (χ4n) is 4.97. The van der Waals surface area contributed by atoms with E-state index in [0.717, 1.165) is 6.92 Å². The largest absolute Gasteiger partial charge is 0.434 e. The number of amides is 1. The predicted molar refractivity (Wildman–Crippen MR) is 137 cm³/mol. The molecule has 0 aliphatic heterocycles. The average Bonchev–Trinajstić information content (AvgIpc) is 3.17. The molecule has 1 aliphatic carbocycles. The third-order valence-corrected chi connectivity index (χ3v) is 8.95. The summed E-state index contributed by atoms with van der Waals surface area (Å²) in [6, 6.07) is 4.01. The van der Waals surface area contributed by atoms with Crippen molar-refractivity contribution in [3.63, 3.8) is 0 Å². The van der Waals surface area contributed by atoms with E-state index in [4.69, 9.17) is 4.74 Å². The third kappa shape index (κ3) is 7.70. The lowest BCUT2D eigenvalue weighted by atomic mass is 9.89. The van der Waals surface area contributed by atoms with E-state index in [1.165, 1.54) is 29.1 Å². The van der Waals surface area contributed by atoms with Crippen molar-refractivity contribution in [1.29, 1.82) is 0 Å². The fourth-order valence-corrected chi connectivity index (χ4v) is 6.10. The minimum atomic E-state index is -4.44. The highest BCUT2D eigenvalue weighted by atomic mass is 32.2. The van der Waals surface area contributed by atoms with Gasteiger partial charge in [0.2, 0.25) is 0 Å². The topological polar surface area (TPSA) is 90.3 Å². The predicted octanol–water partition coefficient (Wildman–Crippen LogP) is 5.55. The Morgan fingerprint density at radius 2 is 1.85 bits per heavy atom. The van der Waals surface area contributed by atoms with Crippen LogP contribution in [0.3, 0.4) is 0 Å². The number of halogens is 5.